The largest absolute Gasteiger partial charge is 0.478 e. The Kier molecular flexibility index (Phi) is 2.51. The van der Waals surface area contributed by atoms with E-state index in [1.807, 2.05) is 12.1 Å². The van der Waals surface area contributed by atoms with Gasteiger partial charge in [-0.05, 0) is 22.8 Å². The van der Waals surface area contributed by atoms with Crippen LogP contribution < -0.4 is 0 Å². The van der Waals surface area contributed by atoms with Crippen LogP contribution in [0, 0.1) is 0 Å². The molecule has 0 radical (unpaired) electrons. The number of carbonyl (C=O) groups is 1. The molecule has 4 nitrogen and oxygen atoms in total. The zero-order valence-corrected chi connectivity index (χ0v) is 11.2. The van der Waals surface area contributed by atoms with Gasteiger partial charge < -0.3 is 5.11 Å². The van der Waals surface area contributed by atoms with Gasteiger partial charge in [0, 0.05) is 36.3 Å². The highest BCUT2D eigenvalue weighted by Gasteiger charge is 2.24. The van der Waals surface area contributed by atoms with Gasteiger partial charge in [0.2, 0.25) is 0 Å². The van der Waals surface area contributed by atoms with Crippen molar-refractivity contribution in [2.45, 2.75) is 12.8 Å². The van der Waals surface area contributed by atoms with Crippen molar-refractivity contribution in [3.63, 3.8) is 0 Å². The number of hydrogen-bond acceptors (Lipinski definition) is 3. The molecule has 0 aliphatic heterocycles. The standard InChI is InChI=1S/C17H12N2O2/c20-17(21)16-12-7-10-3-1-2-4-11(10)8-15(12)19-14-5-6-18-9-13(14)16/h1-6,9H,7-8H2,(H,20,21). The number of benzene rings is 1. The minimum absolute atomic E-state index is 0.345. The van der Waals surface area contributed by atoms with Crippen LogP contribution in [0.4, 0.5) is 0 Å². The summed E-state index contributed by atoms with van der Waals surface area (Å²) in [6.45, 7) is 0. The molecule has 1 aromatic carbocycles. The monoisotopic (exact) mass is 276 g/mol. The van der Waals surface area contributed by atoms with Crippen molar-refractivity contribution in [3.8, 4) is 0 Å². The lowest BCUT2D eigenvalue weighted by molar-refractivity contribution is 0.0697. The lowest BCUT2D eigenvalue weighted by Crippen LogP contribution is -2.15. The molecule has 2 heterocycles. The maximum atomic E-state index is 11.7. The number of carboxylic acids is 1. The molecule has 1 N–H and O–H groups in total. The topological polar surface area (TPSA) is 63.1 Å². The average molecular weight is 276 g/mol. The molecule has 21 heavy (non-hydrogen) atoms. The first-order chi connectivity index (χ1) is 10.2. The van der Waals surface area contributed by atoms with Crippen molar-refractivity contribution < 1.29 is 9.90 Å². The molecular formula is C17H12N2O2. The van der Waals surface area contributed by atoms with E-state index in [4.69, 9.17) is 0 Å². The van der Waals surface area contributed by atoms with Gasteiger partial charge >= 0.3 is 5.97 Å². The van der Waals surface area contributed by atoms with Gasteiger partial charge in [-0.3, -0.25) is 9.97 Å². The molecule has 4 rings (SSSR count). The summed E-state index contributed by atoms with van der Waals surface area (Å²) in [5, 5.41) is 10.2. The van der Waals surface area contributed by atoms with Crippen molar-refractivity contribution in [2.75, 3.05) is 0 Å². The number of nitrogens with zero attached hydrogens (tertiary/aromatic N) is 2. The number of pyridine rings is 2. The molecule has 0 amide bonds. The first kappa shape index (κ1) is 12.0. The molecule has 2 aromatic heterocycles. The van der Waals surface area contributed by atoms with Crippen molar-refractivity contribution in [1.29, 1.82) is 0 Å². The van der Waals surface area contributed by atoms with Gasteiger partial charge in [0.1, 0.15) is 0 Å². The second kappa shape index (κ2) is 4.38. The Balaban J connectivity index is 2.03. The second-order valence-electron chi connectivity index (χ2n) is 5.23. The van der Waals surface area contributed by atoms with Crippen LogP contribution in [0.1, 0.15) is 32.7 Å². The summed E-state index contributed by atoms with van der Waals surface area (Å²) < 4.78 is 0. The minimum Gasteiger partial charge on any atom is -0.478 e. The maximum absolute atomic E-state index is 11.7. The van der Waals surface area contributed by atoms with Gasteiger partial charge in [0.05, 0.1) is 11.1 Å². The van der Waals surface area contributed by atoms with Crippen LogP contribution in [0.25, 0.3) is 10.9 Å². The fourth-order valence-corrected chi connectivity index (χ4v) is 3.05. The van der Waals surface area contributed by atoms with Crippen LogP contribution in [-0.4, -0.2) is 21.0 Å². The molecule has 0 spiro atoms. The van der Waals surface area contributed by atoms with Crippen LogP contribution in [0.15, 0.2) is 42.7 Å². The van der Waals surface area contributed by atoms with E-state index < -0.39 is 5.97 Å². The van der Waals surface area contributed by atoms with E-state index in [0.29, 0.717) is 29.3 Å². The summed E-state index contributed by atoms with van der Waals surface area (Å²) in [6.07, 6.45) is 4.53. The summed E-state index contributed by atoms with van der Waals surface area (Å²) in [4.78, 5) is 20.4. The molecule has 0 atom stereocenters. The Hall–Kier alpha value is -2.75. The van der Waals surface area contributed by atoms with Gasteiger partial charge in [-0.15, -0.1) is 0 Å². The highest BCUT2D eigenvalue weighted by Crippen LogP contribution is 2.31. The predicted octanol–water partition coefficient (Wildman–Crippen LogP) is 2.82. The highest BCUT2D eigenvalue weighted by atomic mass is 16.4. The van der Waals surface area contributed by atoms with Crippen LogP contribution in [-0.2, 0) is 12.8 Å². The van der Waals surface area contributed by atoms with E-state index in [1.165, 1.54) is 11.1 Å². The Morgan fingerprint density at radius 1 is 1.10 bits per heavy atom. The van der Waals surface area contributed by atoms with Gasteiger partial charge in [0.15, 0.2) is 0 Å². The number of hydrogen-bond donors (Lipinski definition) is 1. The van der Waals surface area contributed by atoms with Crippen LogP contribution in [0.3, 0.4) is 0 Å². The molecule has 0 saturated carbocycles. The second-order valence-corrected chi connectivity index (χ2v) is 5.23. The summed E-state index contributed by atoms with van der Waals surface area (Å²) in [5.41, 5.74) is 5.13. The van der Waals surface area contributed by atoms with Gasteiger partial charge in [-0.2, -0.15) is 0 Å². The van der Waals surface area contributed by atoms with Crippen LogP contribution >= 0.6 is 0 Å². The minimum atomic E-state index is -0.911. The smallest absolute Gasteiger partial charge is 0.336 e. The third kappa shape index (κ3) is 1.80. The van der Waals surface area contributed by atoms with Crippen molar-refractivity contribution >= 4 is 16.9 Å². The van der Waals surface area contributed by atoms with Crippen molar-refractivity contribution in [2.24, 2.45) is 0 Å². The van der Waals surface area contributed by atoms with E-state index >= 15 is 0 Å². The molecule has 0 saturated heterocycles. The Morgan fingerprint density at radius 3 is 2.62 bits per heavy atom. The molecule has 102 valence electrons. The molecule has 0 bridgehead atoms. The molecule has 0 unspecified atom stereocenters. The summed E-state index contributed by atoms with van der Waals surface area (Å²) in [6, 6.07) is 9.89. The number of carboxylic acid groups (broad SMARTS) is 1. The zero-order chi connectivity index (χ0) is 14.4. The van der Waals surface area contributed by atoms with Gasteiger partial charge in [-0.25, -0.2) is 4.79 Å². The third-order valence-corrected chi connectivity index (χ3v) is 4.03. The number of aromatic nitrogens is 2. The molecule has 4 heteroatoms. The van der Waals surface area contributed by atoms with E-state index in [9.17, 15) is 9.90 Å². The number of aromatic carboxylic acids is 1. The molecule has 1 aliphatic carbocycles. The predicted molar refractivity (Wildman–Crippen MR) is 78.6 cm³/mol. The summed E-state index contributed by atoms with van der Waals surface area (Å²) in [5.74, 6) is -0.911. The zero-order valence-electron chi connectivity index (χ0n) is 11.2. The van der Waals surface area contributed by atoms with E-state index in [1.54, 1.807) is 18.5 Å². The molecular weight excluding hydrogens is 264 g/mol. The Bertz CT molecular complexity index is 887. The van der Waals surface area contributed by atoms with Crippen LogP contribution in [0.5, 0.6) is 0 Å². The average Bonchev–Trinajstić information content (AvgIpc) is 2.50. The first-order valence-electron chi connectivity index (χ1n) is 6.79. The van der Waals surface area contributed by atoms with E-state index in [-0.39, 0.29) is 0 Å². The summed E-state index contributed by atoms with van der Waals surface area (Å²) >= 11 is 0. The van der Waals surface area contributed by atoms with Crippen molar-refractivity contribution in [1.82, 2.24) is 9.97 Å². The fraction of sp³-hybridized carbons (Fsp3) is 0.118. The SMILES string of the molecule is O=C(O)c1c2c(nc3ccncc13)Cc1ccccc1C2. The Morgan fingerprint density at radius 2 is 1.86 bits per heavy atom. The summed E-state index contributed by atoms with van der Waals surface area (Å²) in [7, 11) is 0. The lowest BCUT2D eigenvalue weighted by Gasteiger charge is -2.21. The van der Waals surface area contributed by atoms with E-state index in [2.05, 4.69) is 22.1 Å². The van der Waals surface area contributed by atoms with E-state index in [0.717, 1.165) is 11.3 Å². The van der Waals surface area contributed by atoms with Gasteiger partial charge in [-0.1, -0.05) is 24.3 Å². The lowest BCUT2D eigenvalue weighted by atomic mass is 9.85. The molecule has 1 aliphatic rings. The van der Waals surface area contributed by atoms with Gasteiger partial charge in [0.25, 0.3) is 0 Å². The normalized spacial score (nSPS) is 12.8. The quantitative estimate of drug-likeness (QED) is 0.580. The fourth-order valence-electron chi connectivity index (χ4n) is 3.05. The van der Waals surface area contributed by atoms with Crippen molar-refractivity contribution in [3.05, 3.63) is 70.7 Å². The third-order valence-electron chi connectivity index (χ3n) is 4.03. The van der Waals surface area contributed by atoms with Crippen LogP contribution in [0.2, 0.25) is 0 Å². The maximum Gasteiger partial charge on any atom is 0.336 e. The molecule has 3 aromatic rings. The molecule has 0 fully saturated rings. The first-order valence-corrected chi connectivity index (χ1v) is 6.79. The Labute approximate surface area is 121 Å². The number of fused-ring (bicyclic) bond motifs is 3. The highest BCUT2D eigenvalue weighted by molar-refractivity contribution is 6.04. The number of rotatable bonds is 1.